The van der Waals surface area contributed by atoms with Gasteiger partial charge in [-0.05, 0) is 25.3 Å². The summed E-state index contributed by atoms with van der Waals surface area (Å²) in [6.07, 6.45) is 2.91. The monoisotopic (exact) mass is 204 g/mol. The Bertz CT molecular complexity index is 341. The van der Waals surface area contributed by atoms with E-state index in [2.05, 4.69) is 47.6 Å². The topological polar surface area (TPSA) is 24.5 Å². The van der Waals surface area contributed by atoms with Crippen molar-refractivity contribution in [2.24, 2.45) is 0 Å². The Hall–Kier alpha value is -0.900. The Kier molecular flexibility index (Phi) is 2.24. The molecular formula is C12H16N2O. The Labute approximate surface area is 90.0 Å². The molecule has 2 fully saturated rings. The minimum atomic E-state index is 0.154. The summed E-state index contributed by atoms with van der Waals surface area (Å²) in [5.41, 5.74) is 1.36. The second kappa shape index (κ2) is 3.59. The van der Waals surface area contributed by atoms with Crippen LogP contribution in [0.25, 0.3) is 0 Å². The molecule has 3 heteroatoms. The lowest BCUT2D eigenvalue weighted by atomic mass is 10.1. The van der Waals surface area contributed by atoms with Crippen molar-refractivity contribution in [1.82, 2.24) is 10.4 Å². The maximum absolute atomic E-state index is 5.77. The van der Waals surface area contributed by atoms with Crippen LogP contribution in [0.2, 0.25) is 0 Å². The van der Waals surface area contributed by atoms with Gasteiger partial charge in [0.1, 0.15) is 6.23 Å². The smallest absolute Gasteiger partial charge is 0.128 e. The number of fused-ring (bicyclic) bond motifs is 1. The third-order valence-electron chi connectivity index (χ3n) is 3.22. The van der Waals surface area contributed by atoms with E-state index < -0.39 is 0 Å². The van der Waals surface area contributed by atoms with E-state index in [1.54, 1.807) is 0 Å². The van der Waals surface area contributed by atoms with Crippen LogP contribution in [0, 0.1) is 0 Å². The predicted octanol–water partition coefficient (Wildman–Crippen LogP) is 2.03. The van der Waals surface area contributed by atoms with Gasteiger partial charge >= 0.3 is 0 Å². The van der Waals surface area contributed by atoms with Crippen molar-refractivity contribution in [1.29, 1.82) is 0 Å². The Morgan fingerprint density at radius 1 is 1.27 bits per heavy atom. The number of nitrogens with one attached hydrogen (secondary N) is 1. The maximum Gasteiger partial charge on any atom is 0.128 e. The second-order valence-electron chi connectivity index (χ2n) is 4.29. The molecule has 0 aromatic heterocycles. The van der Waals surface area contributed by atoms with Gasteiger partial charge in [0.15, 0.2) is 0 Å². The zero-order valence-corrected chi connectivity index (χ0v) is 8.89. The number of hydroxylamine groups is 2. The fourth-order valence-corrected chi connectivity index (χ4v) is 2.56. The van der Waals surface area contributed by atoms with Crippen LogP contribution in [0.4, 0.5) is 0 Å². The van der Waals surface area contributed by atoms with Crippen LogP contribution in [-0.4, -0.2) is 17.5 Å². The summed E-state index contributed by atoms with van der Waals surface area (Å²) < 4.78 is 0. The van der Waals surface area contributed by atoms with E-state index in [1.807, 2.05) is 0 Å². The van der Waals surface area contributed by atoms with E-state index in [9.17, 15) is 0 Å². The summed E-state index contributed by atoms with van der Waals surface area (Å²) in [4.78, 5) is 5.77. The molecule has 3 unspecified atom stereocenters. The normalized spacial score (nSPS) is 35.7. The molecule has 0 aliphatic carbocycles. The van der Waals surface area contributed by atoms with Crippen molar-refractivity contribution in [3.05, 3.63) is 35.9 Å². The fourth-order valence-electron chi connectivity index (χ4n) is 2.56. The lowest BCUT2D eigenvalue weighted by molar-refractivity contribution is -0.170. The molecule has 1 aromatic rings. The van der Waals surface area contributed by atoms with Gasteiger partial charge in [0.05, 0.1) is 12.2 Å². The Balaban J connectivity index is 1.84. The van der Waals surface area contributed by atoms with Crippen LogP contribution < -0.4 is 5.32 Å². The third-order valence-corrected chi connectivity index (χ3v) is 3.22. The molecule has 3 rings (SSSR count). The summed E-state index contributed by atoms with van der Waals surface area (Å²) in [5, 5.41) is 5.54. The second-order valence-corrected chi connectivity index (χ2v) is 4.29. The molecule has 2 aliphatic rings. The van der Waals surface area contributed by atoms with E-state index in [0.717, 1.165) is 0 Å². The van der Waals surface area contributed by atoms with Crippen LogP contribution in [0.1, 0.15) is 31.4 Å². The van der Waals surface area contributed by atoms with E-state index in [4.69, 9.17) is 4.84 Å². The van der Waals surface area contributed by atoms with Crippen molar-refractivity contribution in [3.63, 3.8) is 0 Å². The largest absolute Gasteiger partial charge is 0.278 e. The quantitative estimate of drug-likeness (QED) is 0.757. The molecule has 3 atom stereocenters. The van der Waals surface area contributed by atoms with Gasteiger partial charge in [-0.3, -0.25) is 10.2 Å². The van der Waals surface area contributed by atoms with Crippen LogP contribution in [0.15, 0.2) is 30.3 Å². The molecule has 15 heavy (non-hydrogen) atoms. The zero-order valence-electron chi connectivity index (χ0n) is 8.89. The molecule has 2 saturated heterocycles. The molecule has 2 aliphatic heterocycles. The number of nitrogens with zero attached hydrogens (tertiary/aromatic N) is 1. The average Bonchev–Trinajstić information content (AvgIpc) is 2.77. The van der Waals surface area contributed by atoms with E-state index in [0.29, 0.717) is 12.2 Å². The SMILES string of the molecule is CC1NC2CCC(c3ccccc3)N2O1. The van der Waals surface area contributed by atoms with Gasteiger partial charge < -0.3 is 0 Å². The standard InChI is InChI=1S/C12H16N2O/c1-9-13-12-8-7-11(14(12)15-9)10-5-3-2-4-6-10/h2-6,9,11-13H,7-8H2,1H3. The number of hydrogen-bond acceptors (Lipinski definition) is 3. The van der Waals surface area contributed by atoms with Crippen molar-refractivity contribution < 1.29 is 4.84 Å². The number of hydrogen-bond donors (Lipinski definition) is 1. The maximum atomic E-state index is 5.77. The summed E-state index contributed by atoms with van der Waals surface area (Å²) >= 11 is 0. The van der Waals surface area contributed by atoms with Crippen molar-refractivity contribution in [2.45, 2.75) is 38.2 Å². The summed E-state index contributed by atoms with van der Waals surface area (Å²) in [5.74, 6) is 0. The minimum Gasteiger partial charge on any atom is -0.278 e. The molecule has 0 spiro atoms. The van der Waals surface area contributed by atoms with E-state index in [1.165, 1.54) is 18.4 Å². The van der Waals surface area contributed by atoms with Gasteiger partial charge in [-0.1, -0.05) is 30.3 Å². The van der Waals surface area contributed by atoms with E-state index in [-0.39, 0.29) is 6.23 Å². The molecule has 80 valence electrons. The molecule has 1 aromatic carbocycles. The van der Waals surface area contributed by atoms with Crippen LogP contribution in [0.5, 0.6) is 0 Å². The highest BCUT2D eigenvalue weighted by Crippen LogP contribution is 2.38. The van der Waals surface area contributed by atoms with Crippen molar-refractivity contribution >= 4 is 0 Å². The highest BCUT2D eigenvalue weighted by Gasteiger charge is 2.41. The highest BCUT2D eigenvalue weighted by atomic mass is 16.7. The number of rotatable bonds is 1. The predicted molar refractivity (Wildman–Crippen MR) is 57.7 cm³/mol. The molecule has 0 radical (unpaired) electrons. The van der Waals surface area contributed by atoms with Gasteiger partial charge in [-0.2, -0.15) is 5.06 Å². The molecular weight excluding hydrogens is 188 g/mol. The number of benzene rings is 1. The molecule has 0 amide bonds. The van der Waals surface area contributed by atoms with Gasteiger partial charge in [0, 0.05) is 0 Å². The van der Waals surface area contributed by atoms with Crippen LogP contribution in [-0.2, 0) is 4.84 Å². The zero-order chi connectivity index (χ0) is 10.3. The van der Waals surface area contributed by atoms with Gasteiger partial charge in [-0.25, -0.2) is 0 Å². The summed E-state index contributed by atoms with van der Waals surface area (Å²) in [6.45, 7) is 2.06. The highest BCUT2D eigenvalue weighted by molar-refractivity contribution is 5.20. The first-order valence-corrected chi connectivity index (χ1v) is 5.61. The van der Waals surface area contributed by atoms with Gasteiger partial charge in [-0.15, -0.1) is 0 Å². The molecule has 2 heterocycles. The molecule has 1 N–H and O–H groups in total. The van der Waals surface area contributed by atoms with Gasteiger partial charge in [0.2, 0.25) is 0 Å². The first-order valence-electron chi connectivity index (χ1n) is 5.61. The summed E-state index contributed by atoms with van der Waals surface area (Å²) in [6, 6.07) is 11.0. The first-order chi connectivity index (χ1) is 7.34. The van der Waals surface area contributed by atoms with Crippen LogP contribution >= 0.6 is 0 Å². The Morgan fingerprint density at radius 2 is 2.07 bits per heavy atom. The molecule has 0 saturated carbocycles. The first kappa shape index (κ1) is 9.33. The average molecular weight is 204 g/mol. The third kappa shape index (κ3) is 1.57. The van der Waals surface area contributed by atoms with Crippen molar-refractivity contribution in [3.8, 4) is 0 Å². The summed E-state index contributed by atoms with van der Waals surface area (Å²) in [7, 11) is 0. The lowest BCUT2D eigenvalue weighted by Crippen LogP contribution is -2.31. The van der Waals surface area contributed by atoms with Crippen molar-refractivity contribution in [2.75, 3.05) is 0 Å². The lowest BCUT2D eigenvalue weighted by Gasteiger charge is -2.21. The van der Waals surface area contributed by atoms with Crippen LogP contribution in [0.3, 0.4) is 0 Å². The molecule has 0 bridgehead atoms. The fraction of sp³-hybridized carbons (Fsp3) is 0.500. The van der Waals surface area contributed by atoms with E-state index >= 15 is 0 Å². The molecule has 3 nitrogen and oxygen atoms in total. The Morgan fingerprint density at radius 3 is 2.87 bits per heavy atom. The minimum absolute atomic E-state index is 0.154. The van der Waals surface area contributed by atoms with Gasteiger partial charge in [0.25, 0.3) is 0 Å².